The van der Waals surface area contributed by atoms with Crippen molar-refractivity contribution in [2.75, 3.05) is 13.2 Å². The Morgan fingerprint density at radius 2 is 0.786 bits per heavy atom. The van der Waals surface area contributed by atoms with E-state index in [1.165, 1.54) is 32.1 Å². The summed E-state index contributed by atoms with van der Waals surface area (Å²) in [6.07, 6.45) is 57.0. The summed E-state index contributed by atoms with van der Waals surface area (Å²) in [7, 11) is 0. The molecular formula is C50H80O6. The van der Waals surface area contributed by atoms with Gasteiger partial charge in [-0.3, -0.25) is 14.4 Å². The molecule has 56 heavy (non-hydrogen) atoms. The van der Waals surface area contributed by atoms with Crippen LogP contribution in [-0.2, 0) is 28.6 Å². The second-order valence-electron chi connectivity index (χ2n) is 14.2. The molecule has 6 nitrogen and oxygen atoms in total. The Bertz CT molecular complexity index is 1170. The molecule has 0 saturated carbocycles. The largest absolute Gasteiger partial charge is 0.462 e. The zero-order chi connectivity index (χ0) is 40.8. The highest BCUT2D eigenvalue weighted by molar-refractivity contribution is 5.71. The summed E-state index contributed by atoms with van der Waals surface area (Å²) in [5.74, 6) is -1.04. The normalized spacial score (nSPS) is 13.0. The fourth-order valence-corrected chi connectivity index (χ4v) is 5.56. The fraction of sp³-hybridized carbons (Fsp3) is 0.620. The molecule has 1 atom stereocenters. The molecule has 0 N–H and O–H groups in total. The van der Waals surface area contributed by atoms with Gasteiger partial charge in [-0.15, -0.1) is 0 Å². The van der Waals surface area contributed by atoms with Crippen LogP contribution >= 0.6 is 0 Å². The van der Waals surface area contributed by atoms with E-state index in [1.54, 1.807) is 0 Å². The first kappa shape index (κ1) is 52.3. The van der Waals surface area contributed by atoms with E-state index in [0.29, 0.717) is 19.3 Å². The second kappa shape index (κ2) is 44.0. The van der Waals surface area contributed by atoms with Crippen LogP contribution in [0.4, 0.5) is 0 Å². The van der Waals surface area contributed by atoms with E-state index in [2.05, 4.69) is 118 Å². The third kappa shape index (κ3) is 41.5. The predicted octanol–water partition coefficient (Wildman–Crippen LogP) is 14.2. The van der Waals surface area contributed by atoms with Gasteiger partial charge in [0.25, 0.3) is 0 Å². The van der Waals surface area contributed by atoms with Crippen LogP contribution in [0.25, 0.3) is 0 Å². The van der Waals surface area contributed by atoms with Crippen LogP contribution in [0.15, 0.2) is 97.2 Å². The molecule has 0 radical (unpaired) electrons. The lowest BCUT2D eigenvalue weighted by Crippen LogP contribution is -2.30. The van der Waals surface area contributed by atoms with Crippen molar-refractivity contribution in [2.24, 2.45) is 0 Å². The maximum Gasteiger partial charge on any atom is 0.306 e. The monoisotopic (exact) mass is 777 g/mol. The van der Waals surface area contributed by atoms with Gasteiger partial charge in [0.1, 0.15) is 13.2 Å². The quantitative estimate of drug-likeness (QED) is 0.0204. The second-order valence-corrected chi connectivity index (χ2v) is 14.2. The molecule has 0 aromatic rings. The van der Waals surface area contributed by atoms with Gasteiger partial charge >= 0.3 is 17.9 Å². The SMILES string of the molecule is CC/C=C\C/C=C\C/C=C\CCCC(=O)OC(COC(=O)CCCC/C=C\C/C=C\CC)COC(=O)CCCCCCC\C=C/C=C\C=C/CCCCCCC. The van der Waals surface area contributed by atoms with Crippen LogP contribution in [-0.4, -0.2) is 37.2 Å². The summed E-state index contributed by atoms with van der Waals surface area (Å²) >= 11 is 0. The standard InChI is InChI=1S/C50H80O6/c1-4-7-10-13-16-19-21-22-23-24-25-26-27-29-31-34-37-40-43-49(52)55-46-47(45-54-48(51)42-39-36-33-30-18-15-12-9-6-3)56-50(53)44-41-38-35-32-28-20-17-14-11-8-5-2/h8-9,11-12,17-18,20-26,30,32,35,47H,4-7,10,13-16,19,27-29,31,33-34,36-46H2,1-3H3/b11-8-,12-9-,20-17-,22-21-,24-23-,26-25-,30-18-,35-32-. The van der Waals surface area contributed by atoms with Crippen LogP contribution in [0, 0.1) is 0 Å². The number of allylic oxidation sites excluding steroid dienone is 16. The van der Waals surface area contributed by atoms with Crippen molar-refractivity contribution in [2.45, 2.75) is 187 Å². The summed E-state index contributed by atoms with van der Waals surface area (Å²) in [5.41, 5.74) is 0. The zero-order valence-electron chi connectivity index (χ0n) is 35.9. The van der Waals surface area contributed by atoms with Crippen molar-refractivity contribution in [3.8, 4) is 0 Å². The molecule has 0 saturated heterocycles. The average Bonchev–Trinajstić information content (AvgIpc) is 3.19. The van der Waals surface area contributed by atoms with E-state index in [-0.39, 0.29) is 37.5 Å². The van der Waals surface area contributed by atoms with Crippen LogP contribution < -0.4 is 0 Å². The Kier molecular flexibility index (Phi) is 41.2. The highest BCUT2D eigenvalue weighted by Gasteiger charge is 2.19. The van der Waals surface area contributed by atoms with Crippen molar-refractivity contribution in [3.63, 3.8) is 0 Å². The summed E-state index contributed by atoms with van der Waals surface area (Å²) in [6.45, 7) is 6.25. The summed E-state index contributed by atoms with van der Waals surface area (Å²) in [5, 5.41) is 0. The molecule has 0 bridgehead atoms. The van der Waals surface area contributed by atoms with Crippen LogP contribution in [0.5, 0.6) is 0 Å². The maximum atomic E-state index is 12.6. The smallest absolute Gasteiger partial charge is 0.306 e. The highest BCUT2D eigenvalue weighted by Crippen LogP contribution is 2.11. The van der Waals surface area contributed by atoms with E-state index >= 15 is 0 Å². The lowest BCUT2D eigenvalue weighted by Gasteiger charge is -2.18. The maximum absolute atomic E-state index is 12.6. The van der Waals surface area contributed by atoms with Gasteiger partial charge in [-0.2, -0.15) is 0 Å². The Morgan fingerprint density at radius 1 is 0.393 bits per heavy atom. The minimum Gasteiger partial charge on any atom is -0.462 e. The number of hydrogen-bond donors (Lipinski definition) is 0. The Labute approximate surface area is 343 Å². The van der Waals surface area contributed by atoms with Gasteiger partial charge in [0, 0.05) is 19.3 Å². The van der Waals surface area contributed by atoms with Gasteiger partial charge in [-0.05, 0) is 96.3 Å². The number of hydrogen-bond acceptors (Lipinski definition) is 6. The average molecular weight is 777 g/mol. The molecule has 0 heterocycles. The van der Waals surface area contributed by atoms with Crippen molar-refractivity contribution in [1.29, 1.82) is 0 Å². The van der Waals surface area contributed by atoms with Crippen molar-refractivity contribution in [1.82, 2.24) is 0 Å². The van der Waals surface area contributed by atoms with Gasteiger partial charge in [0.2, 0.25) is 0 Å². The third-order valence-electron chi connectivity index (χ3n) is 8.86. The molecule has 0 aromatic carbocycles. The van der Waals surface area contributed by atoms with Gasteiger partial charge in [0.05, 0.1) is 0 Å². The number of esters is 3. The first-order chi connectivity index (χ1) is 27.5. The molecule has 0 amide bonds. The highest BCUT2D eigenvalue weighted by atomic mass is 16.6. The van der Waals surface area contributed by atoms with E-state index in [9.17, 15) is 14.4 Å². The van der Waals surface area contributed by atoms with Gasteiger partial charge < -0.3 is 14.2 Å². The van der Waals surface area contributed by atoms with Crippen molar-refractivity contribution >= 4 is 17.9 Å². The summed E-state index contributed by atoms with van der Waals surface area (Å²) < 4.78 is 16.6. The first-order valence-corrected chi connectivity index (χ1v) is 22.3. The van der Waals surface area contributed by atoms with E-state index in [4.69, 9.17) is 14.2 Å². The van der Waals surface area contributed by atoms with E-state index in [0.717, 1.165) is 103 Å². The van der Waals surface area contributed by atoms with E-state index < -0.39 is 6.10 Å². The molecule has 0 aliphatic heterocycles. The number of ether oxygens (including phenoxy) is 3. The van der Waals surface area contributed by atoms with E-state index in [1.807, 2.05) is 0 Å². The minimum absolute atomic E-state index is 0.121. The molecular weight excluding hydrogens is 697 g/mol. The number of rotatable bonds is 38. The topological polar surface area (TPSA) is 78.9 Å². The van der Waals surface area contributed by atoms with Gasteiger partial charge in [-0.25, -0.2) is 0 Å². The summed E-state index contributed by atoms with van der Waals surface area (Å²) in [4.78, 5) is 37.6. The minimum atomic E-state index is -0.823. The predicted molar refractivity (Wildman–Crippen MR) is 237 cm³/mol. The Morgan fingerprint density at radius 3 is 1.32 bits per heavy atom. The molecule has 0 aliphatic carbocycles. The molecule has 1 unspecified atom stereocenters. The Balaban J connectivity index is 4.46. The molecule has 0 rings (SSSR count). The van der Waals surface area contributed by atoms with Crippen LogP contribution in [0.3, 0.4) is 0 Å². The molecule has 316 valence electrons. The Hall–Kier alpha value is -3.67. The molecule has 6 heteroatoms. The van der Waals surface area contributed by atoms with Gasteiger partial charge in [0.15, 0.2) is 6.10 Å². The van der Waals surface area contributed by atoms with Crippen LogP contribution in [0.2, 0.25) is 0 Å². The number of carbonyl (C=O) groups is 3. The number of unbranched alkanes of at least 4 members (excludes halogenated alkanes) is 13. The van der Waals surface area contributed by atoms with Gasteiger partial charge in [-0.1, -0.05) is 163 Å². The molecule has 0 spiro atoms. The first-order valence-electron chi connectivity index (χ1n) is 22.3. The fourth-order valence-electron chi connectivity index (χ4n) is 5.56. The molecule has 0 aromatic heterocycles. The number of carbonyl (C=O) groups excluding carboxylic acids is 3. The molecule has 0 fully saturated rings. The van der Waals surface area contributed by atoms with Crippen LogP contribution in [0.1, 0.15) is 181 Å². The lowest BCUT2D eigenvalue weighted by atomic mass is 10.1. The third-order valence-corrected chi connectivity index (χ3v) is 8.86. The lowest BCUT2D eigenvalue weighted by molar-refractivity contribution is -0.167. The van der Waals surface area contributed by atoms with Crippen molar-refractivity contribution < 1.29 is 28.6 Å². The molecule has 0 aliphatic rings. The van der Waals surface area contributed by atoms with Crippen molar-refractivity contribution in [3.05, 3.63) is 97.2 Å². The zero-order valence-corrected chi connectivity index (χ0v) is 35.9. The summed E-state index contributed by atoms with van der Waals surface area (Å²) in [6, 6.07) is 0.